The fraction of sp³-hybridized carbons (Fsp3) is 0.250. The van der Waals surface area contributed by atoms with Gasteiger partial charge in [0.25, 0.3) is 0 Å². The number of halogens is 1. The van der Waals surface area contributed by atoms with Gasteiger partial charge in [0.05, 0.1) is 23.9 Å². The molecular weight excluding hydrogens is 346 g/mol. The summed E-state index contributed by atoms with van der Waals surface area (Å²) in [6, 6.07) is 9.37. The molecule has 2 aromatic rings. The zero-order valence-corrected chi connectivity index (χ0v) is 14.3. The molecule has 0 fully saturated rings. The van der Waals surface area contributed by atoms with E-state index in [0.717, 1.165) is 10.0 Å². The van der Waals surface area contributed by atoms with Gasteiger partial charge in [-0.2, -0.15) is 5.10 Å². The maximum Gasteiger partial charge on any atom is 0.175 e. The first-order valence-corrected chi connectivity index (χ1v) is 7.63. The number of anilines is 1. The summed E-state index contributed by atoms with van der Waals surface area (Å²) in [5, 5.41) is 4.16. The van der Waals surface area contributed by atoms with Gasteiger partial charge in [0, 0.05) is 6.20 Å². The van der Waals surface area contributed by atoms with Crippen molar-refractivity contribution in [3.63, 3.8) is 0 Å². The highest BCUT2D eigenvalue weighted by Crippen LogP contribution is 2.36. The summed E-state index contributed by atoms with van der Waals surface area (Å²) >= 11 is 3.50. The van der Waals surface area contributed by atoms with E-state index in [0.29, 0.717) is 17.3 Å². The van der Waals surface area contributed by atoms with Gasteiger partial charge in [-0.25, -0.2) is 4.98 Å². The van der Waals surface area contributed by atoms with E-state index in [2.05, 4.69) is 31.4 Å². The van der Waals surface area contributed by atoms with E-state index in [4.69, 9.17) is 9.47 Å². The van der Waals surface area contributed by atoms with E-state index in [-0.39, 0.29) is 6.10 Å². The molecule has 0 atom stereocenters. The van der Waals surface area contributed by atoms with Gasteiger partial charge in [-0.05, 0) is 59.6 Å². The van der Waals surface area contributed by atoms with Crippen LogP contribution in [0.15, 0.2) is 46.1 Å². The Morgan fingerprint density at radius 2 is 2.14 bits per heavy atom. The number of nitrogens with zero attached hydrogens (tertiary/aromatic N) is 2. The van der Waals surface area contributed by atoms with E-state index in [1.54, 1.807) is 19.5 Å². The lowest BCUT2D eigenvalue weighted by Gasteiger charge is -2.15. The fourth-order valence-electron chi connectivity index (χ4n) is 1.77. The molecule has 0 radical (unpaired) electrons. The first-order chi connectivity index (χ1) is 10.6. The van der Waals surface area contributed by atoms with E-state index in [9.17, 15) is 0 Å². The molecule has 0 aliphatic rings. The Balaban J connectivity index is 2.16. The van der Waals surface area contributed by atoms with Crippen molar-refractivity contribution in [3.8, 4) is 11.5 Å². The largest absolute Gasteiger partial charge is 0.493 e. The zero-order valence-electron chi connectivity index (χ0n) is 12.7. The standard InChI is InChI=1S/C16H18BrN3O2/c1-11(2)22-16-13(17)8-12(9-14(16)21-3)10-19-20-15-6-4-5-7-18-15/h4-11H,1-3H3,(H,18,20)/b19-10+. The van der Waals surface area contributed by atoms with Gasteiger partial charge >= 0.3 is 0 Å². The Morgan fingerprint density at radius 3 is 2.77 bits per heavy atom. The lowest BCUT2D eigenvalue weighted by atomic mass is 10.2. The van der Waals surface area contributed by atoms with Crippen molar-refractivity contribution in [2.24, 2.45) is 5.10 Å². The molecule has 0 aliphatic carbocycles. The van der Waals surface area contributed by atoms with Gasteiger partial charge in [0.2, 0.25) is 0 Å². The average Bonchev–Trinajstić information content (AvgIpc) is 2.50. The molecule has 0 amide bonds. The second kappa shape index (κ2) is 7.79. The van der Waals surface area contributed by atoms with Gasteiger partial charge < -0.3 is 9.47 Å². The van der Waals surface area contributed by atoms with Crippen molar-refractivity contribution >= 4 is 28.0 Å². The number of aromatic nitrogens is 1. The Bertz CT molecular complexity index is 645. The number of pyridine rings is 1. The van der Waals surface area contributed by atoms with Gasteiger partial charge in [-0.3, -0.25) is 5.43 Å². The number of methoxy groups -OCH3 is 1. The van der Waals surface area contributed by atoms with Crippen molar-refractivity contribution < 1.29 is 9.47 Å². The molecule has 2 rings (SSSR count). The highest BCUT2D eigenvalue weighted by atomic mass is 79.9. The molecule has 22 heavy (non-hydrogen) atoms. The van der Waals surface area contributed by atoms with Crippen LogP contribution in [0, 0.1) is 0 Å². The van der Waals surface area contributed by atoms with Crippen LogP contribution in [0.4, 0.5) is 5.82 Å². The third-order valence-corrected chi connectivity index (χ3v) is 3.25. The van der Waals surface area contributed by atoms with Crippen LogP contribution in [0.1, 0.15) is 19.4 Å². The number of hydrogen-bond acceptors (Lipinski definition) is 5. The van der Waals surface area contributed by atoms with Crippen molar-refractivity contribution in [2.45, 2.75) is 20.0 Å². The molecule has 0 saturated carbocycles. The smallest absolute Gasteiger partial charge is 0.175 e. The first-order valence-electron chi connectivity index (χ1n) is 6.84. The Morgan fingerprint density at radius 1 is 1.32 bits per heavy atom. The summed E-state index contributed by atoms with van der Waals surface area (Å²) in [5.41, 5.74) is 3.75. The van der Waals surface area contributed by atoms with Gasteiger partial charge in [0.15, 0.2) is 11.5 Å². The number of hydrazone groups is 1. The van der Waals surface area contributed by atoms with Crippen molar-refractivity contribution in [3.05, 3.63) is 46.6 Å². The van der Waals surface area contributed by atoms with Crippen LogP contribution in [0.3, 0.4) is 0 Å². The summed E-state index contributed by atoms with van der Waals surface area (Å²) in [6.45, 7) is 3.94. The van der Waals surface area contributed by atoms with Crippen LogP contribution in [0.2, 0.25) is 0 Å². The van der Waals surface area contributed by atoms with Crippen LogP contribution in [-0.2, 0) is 0 Å². The molecule has 0 saturated heterocycles. The molecule has 5 nitrogen and oxygen atoms in total. The van der Waals surface area contributed by atoms with Crippen LogP contribution in [0.25, 0.3) is 0 Å². The minimum atomic E-state index is 0.0653. The third kappa shape index (κ3) is 4.46. The van der Waals surface area contributed by atoms with Crippen molar-refractivity contribution in [1.29, 1.82) is 0 Å². The molecule has 0 spiro atoms. The summed E-state index contributed by atoms with van der Waals surface area (Å²) in [6.07, 6.45) is 3.46. The van der Waals surface area contributed by atoms with E-state index >= 15 is 0 Å². The highest BCUT2D eigenvalue weighted by Gasteiger charge is 2.12. The maximum absolute atomic E-state index is 5.75. The monoisotopic (exact) mass is 363 g/mol. The predicted octanol–water partition coefficient (Wildman–Crippen LogP) is 4.09. The van der Waals surface area contributed by atoms with E-state index in [1.165, 1.54) is 0 Å². The van der Waals surface area contributed by atoms with Crippen LogP contribution in [-0.4, -0.2) is 24.4 Å². The fourth-order valence-corrected chi connectivity index (χ4v) is 2.32. The molecule has 0 unspecified atom stereocenters. The number of hydrogen-bond donors (Lipinski definition) is 1. The highest BCUT2D eigenvalue weighted by molar-refractivity contribution is 9.10. The van der Waals surface area contributed by atoms with Crippen molar-refractivity contribution in [1.82, 2.24) is 4.98 Å². The number of benzene rings is 1. The molecule has 0 bridgehead atoms. The normalized spacial score (nSPS) is 11.0. The van der Waals surface area contributed by atoms with Crippen LogP contribution >= 0.6 is 15.9 Å². The quantitative estimate of drug-likeness (QED) is 0.620. The molecule has 116 valence electrons. The Hall–Kier alpha value is -2.08. The first kappa shape index (κ1) is 16.3. The summed E-state index contributed by atoms with van der Waals surface area (Å²) in [5.74, 6) is 2.03. The van der Waals surface area contributed by atoms with Gasteiger partial charge in [0.1, 0.15) is 5.82 Å². The summed E-state index contributed by atoms with van der Waals surface area (Å²) in [7, 11) is 1.61. The van der Waals surface area contributed by atoms with E-state index in [1.807, 2.05) is 44.2 Å². The topological polar surface area (TPSA) is 55.7 Å². The molecule has 1 aromatic heterocycles. The van der Waals surface area contributed by atoms with Gasteiger partial charge in [-0.1, -0.05) is 6.07 Å². The average molecular weight is 364 g/mol. The third-order valence-electron chi connectivity index (χ3n) is 2.66. The Labute approximate surface area is 138 Å². The maximum atomic E-state index is 5.75. The molecule has 6 heteroatoms. The minimum absolute atomic E-state index is 0.0653. The summed E-state index contributed by atoms with van der Waals surface area (Å²) in [4.78, 5) is 4.13. The van der Waals surface area contributed by atoms with Crippen LogP contribution < -0.4 is 14.9 Å². The molecule has 0 aliphatic heterocycles. The van der Waals surface area contributed by atoms with E-state index < -0.39 is 0 Å². The second-order valence-electron chi connectivity index (χ2n) is 4.79. The minimum Gasteiger partial charge on any atom is -0.493 e. The predicted molar refractivity (Wildman–Crippen MR) is 91.9 cm³/mol. The number of nitrogens with one attached hydrogen (secondary N) is 1. The van der Waals surface area contributed by atoms with Crippen LogP contribution in [0.5, 0.6) is 11.5 Å². The lowest BCUT2D eigenvalue weighted by molar-refractivity contribution is 0.228. The molecular formula is C16H18BrN3O2. The summed E-state index contributed by atoms with van der Waals surface area (Å²) < 4.78 is 12.0. The molecule has 1 N–H and O–H groups in total. The molecule has 1 aromatic carbocycles. The van der Waals surface area contributed by atoms with Crippen molar-refractivity contribution in [2.75, 3.05) is 12.5 Å². The SMILES string of the molecule is COc1cc(/C=N/Nc2ccccn2)cc(Br)c1OC(C)C. The lowest BCUT2D eigenvalue weighted by Crippen LogP contribution is -2.07. The van der Waals surface area contributed by atoms with Gasteiger partial charge in [-0.15, -0.1) is 0 Å². The number of ether oxygens (including phenoxy) is 2. The zero-order chi connectivity index (χ0) is 15.9. The Kier molecular flexibility index (Phi) is 5.77. The second-order valence-corrected chi connectivity index (χ2v) is 5.64. The number of rotatable bonds is 6. The molecule has 1 heterocycles.